The van der Waals surface area contributed by atoms with Gasteiger partial charge in [-0.25, -0.2) is 0 Å². The summed E-state index contributed by atoms with van der Waals surface area (Å²) in [5, 5.41) is 10.5. The van der Waals surface area contributed by atoms with Crippen LogP contribution in [0.2, 0.25) is 0 Å². The molecule has 5 heteroatoms. The second kappa shape index (κ2) is 4.25. The Balaban J connectivity index is 2.01. The molecule has 0 spiro atoms. The molecule has 0 atom stereocenters. The Labute approximate surface area is 95.2 Å². The van der Waals surface area contributed by atoms with Crippen molar-refractivity contribution in [1.82, 2.24) is 20.4 Å². The number of rotatable bonds is 2. The lowest BCUT2D eigenvalue weighted by Crippen LogP contribution is -2.52. The minimum Gasteiger partial charge on any atom is -0.345 e. The van der Waals surface area contributed by atoms with Crippen LogP contribution in [0.1, 0.15) is 30.3 Å². The first kappa shape index (κ1) is 11.1. The molecule has 1 saturated heterocycles. The van der Waals surface area contributed by atoms with E-state index in [1.54, 1.807) is 16.9 Å². The van der Waals surface area contributed by atoms with Crippen molar-refractivity contribution in [1.29, 1.82) is 0 Å². The Morgan fingerprint density at radius 3 is 2.81 bits per heavy atom. The standard InChI is InChI=1S/C11H18N4O/c1-11(4-6-12-7-5-11)13-10(16)9-3-8-15(2)14-9/h3,8,12H,4-7H2,1-2H3,(H,13,16). The maximum atomic E-state index is 11.9. The topological polar surface area (TPSA) is 59.0 Å². The molecule has 1 aliphatic rings. The van der Waals surface area contributed by atoms with Gasteiger partial charge in [0.05, 0.1) is 0 Å². The van der Waals surface area contributed by atoms with Gasteiger partial charge in [-0.05, 0) is 38.9 Å². The summed E-state index contributed by atoms with van der Waals surface area (Å²) in [5.41, 5.74) is 0.391. The number of carbonyl (C=O) groups excluding carboxylic acids is 1. The summed E-state index contributed by atoms with van der Waals surface area (Å²) in [4.78, 5) is 11.9. The molecule has 2 rings (SSSR count). The van der Waals surface area contributed by atoms with Crippen LogP contribution < -0.4 is 10.6 Å². The molecule has 0 radical (unpaired) electrons. The number of hydrogen-bond donors (Lipinski definition) is 2. The molecule has 0 bridgehead atoms. The molecule has 2 N–H and O–H groups in total. The summed E-state index contributed by atoms with van der Waals surface area (Å²) < 4.78 is 1.64. The number of aryl methyl sites for hydroxylation is 1. The van der Waals surface area contributed by atoms with Gasteiger partial charge in [0.1, 0.15) is 5.69 Å². The fourth-order valence-corrected chi connectivity index (χ4v) is 1.98. The molecular weight excluding hydrogens is 204 g/mol. The number of hydrogen-bond acceptors (Lipinski definition) is 3. The average molecular weight is 222 g/mol. The van der Waals surface area contributed by atoms with E-state index in [-0.39, 0.29) is 11.4 Å². The van der Waals surface area contributed by atoms with Crippen molar-refractivity contribution in [3.63, 3.8) is 0 Å². The van der Waals surface area contributed by atoms with E-state index in [0.717, 1.165) is 25.9 Å². The van der Waals surface area contributed by atoms with Crippen molar-refractivity contribution in [3.05, 3.63) is 18.0 Å². The fourth-order valence-electron chi connectivity index (χ4n) is 1.98. The summed E-state index contributed by atoms with van der Waals surface area (Å²) in [7, 11) is 1.81. The molecule has 88 valence electrons. The number of nitrogens with one attached hydrogen (secondary N) is 2. The lowest BCUT2D eigenvalue weighted by molar-refractivity contribution is 0.0881. The van der Waals surface area contributed by atoms with E-state index in [9.17, 15) is 4.79 Å². The first-order valence-electron chi connectivity index (χ1n) is 5.62. The van der Waals surface area contributed by atoms with Gasteiger partial charge in [0.15, 0.2) is 0 Å². The predicted octanol–water partition coefficient (Wildman–Crippen LogP) is 0.292. The number of carbonyl (C=O) groups is 1. The Morgan fingerprint density at radius 2 is 2.25 bits per heavy atom. The average Bonchev–Trinajstić information content (AvgIpc) is 2.65. The van der Waals surface area contributed by atoms with Gasteiger partial charge < -0.3 is 10.6 Å². The molecule has 2 heterocycles. The molecule has 1 fully saturated rings. The molecule has 0 aliphatic carbocycles. The van der Waals surface area contributed by atoms with E-state index in [1.807, 2.05) is 7.05 Å². The van der Waals surface area contributed by atoms with Gasteiger partial charge >= 0.3 is 0 Å². The minimum atomic E-state index is -0.0974. The zero-order valence-electron chi connectivity index (χ0n) is 9.79. The molecular formula is C11H18N4O. The van der Waals surface area contributed by atoms with Crippen LogP contribution in [-0.2, 0) is 7.05 Å². The third-order valence-corrected chi connectivity index (χ3v) is 3.07. The second-order valence-electron chi connectivity index (χ2n) is 4.64. The van der Waals surface area contributed by atoms with E-state index in [4.69, 9.17) is 0 Å². The normalized spacial score (nSPS) is 19.4. The maximum Gasteiger partial charge on any atom is 0.272 e. The summed E-state index contributed by atoms with van der Waals surface area (Å²) in [6, 6.07) is 1.74. The first-order chi connectivity index (χ1) is 7.59. The van der Waals surface area contributed by atoms with Crippen LogP contribution in [-0.4, -0.2) is 34.3 Å². The third-order valence-electron chi connectivity index (χ3n) is 3.07. The van der Waals surface area contributed by atoms with E-state index in [2.05, 4.69) is 22.7 Å². The van der Waals surface area contributed by atoms with Crippen LogP contribution in [0.5, 0.6) is 0 Å². The number of nitrogens with zero attached hydrogens (tertiary/aromatic N) is 2. The Hall–Kier alpha value is -1.36. The Morgan fingerprint density at radius 1 is 1.56 bits per heavy atom. The summed E-state index contributed by atoms with van der Waals surface area (Å²) >= 11 is 0. The molecule has 0 aromatic carbocycles. The van der Waals surface area contributed by atoms with Gasteiger partial charge in [-0.15, -0.1) is 0 Å². The maximum absolute atomic E-state index is 11.9. The number of piperidine rings is 1. The van der Waals surface area contributed by atoms with Crippen molar-refractivity contribution >= 4 is 5.91 Å². The monoisotopic (exact) mass is 222 g/mol. The van der Waals surface area contributed by atoms with Crippen LogP contribution >= 0.6 is 0 Å². The van der Waals surface area contributed by atoms with E-state index >= 15 is 0 Å². The Kier molecular flexibility index (Phi) is 2.96. The largest absolute Gasteiger partial charge is 0.345 e. The Bertz CT molecular complexity index is 379. The zero-order chi connectivity index (χ0) is 11.6. The van der Waals surface area contributed by atoms with E-state index < -0.39 is 0 Å². The quantitative estimate of drug-likeness (QED) is 0.756. The first-order valence-corrected chi connectivity index (χ1v) is 5.62. The molecule has 1 aromatic rings. The molecule has 1 amide bonds. The smallest absolute Gasteiger partial charge is 0.272 e. The third kappa shape index (κ3) is 2.41. The highest BCUT2D eigenvalue weighted by Crippen LogP contribution is 2.17. The molecule has 1 aromatic heterocycles. The highest BCUT2D eigenvalue weighted by atomic mass is 16.2. The summed E-state index contributed by atoms with van der Waals surface area (Å²) in [5.74, 6) is -0.0787. The van der Waals surface area contributed by atoms with Crippen LogP contribution in [0.15, 0.2) is 12.3 Å². The van der Waals surface area contributed by atoms with Gasteiger partial charge in [-0.3, -0.25) is 9.48 Å². The van der Waals surface area contributed by atoms with Crippen LogP contribution in [0.3, 0.4) is 0 Å². The highest BCUT2D eigenvalue weighted by molar-refractivity contribution is 5.92. The highest BCUT2D eigenvalue weighted by Gasteiger charge is 2.29. The van der Waals surface area contributed by atoms with Crippen molar-refractivity contribution in [2.24, 2.45) is 7.05 Å². The predicted molar refractivity (Wildman–Crippen MR) is 61.2 cm³/mol. The second-order valence-corrected chi connectivity index (χ2v) is 4.64. The number of aromatic nitrogens is 2. The molecule has 16 heavy (non-hydrogen) atoms. The lowest BCUT2D eigenvalue weighted by atomic mass is 9.90. The number of amides is 1. The van der Waals surface area contributed by atoms with Gasteiger partial charge in [0.25, 0.3) is 5.91 Å². The van der Waals surface area contributed by atoms with E-state index in [0.29, 0.717) is 5.69 Å². The van der Waals surface area contributed by atoms with Gasteiger partial charge in [0.2, 0.25) is 0 Å². The SMILES string of the molecule is Cn1ccc(C(=O)NC2(C)CCNCC2)n1. The van der Waals surface area contributed by atoms with E-state index in [1.165, 1.54) is 0 Å². The lowest BCUT2D eigenvalue weighted by Gasteiger charge is -2.34. The van der Waals surface area contributed by atoms with Crippen LogP contribution in [0.25, 0.3) is 0 Å². The molecule has 1 aliphatic heterocycles. The van der Waals surface area contributed by atoms with Gasteiger partial charge in [-0.1, -0.05) is 0 Å². The fraction of sp³-hybridized carbons (Fsp3) is 0.636. The van der Waals surface area contributed by atoms with Gasteiger partial charge in [-0.2, -0.15) is 5.10 Å². The van der Waals surface area contributed by atoms with Crippen molar-refractivity contribution in [2.75, 3.05) is 13.1 Å². The van der Waals surface area contributed by atoms with Crippen LogP contribution in [0.4, 0.5) is 0 Å². The zero-order valence-corrected chi connectivity index (χ0v) is 9.79. The van der Waals surface area contributed by atoms with Crippen molar-refractivity contribution < 1.29 is 4.79 Å². The molecule has 0 saturated carbocycles. The summed E-state index contributed by atoms with van der Waals surface area (Å²) in [6.07, 6.45) is 3.71. The molecule has 5 nitrogen and oxygen atoms in total. The van der Waals surface area contributed by atoms with Crippen LogP contribution in [0, 0.1) is 0 Å². The van der Waals surface area contributed by atoms with Gasteiger partial charge in [0, 0.05) is 18.8 Å². The summed E-state index contributed by atoms with van der Waals surface area (Å²) in [6.45, 7) is 4.01. The minimum absolute atomic E-state index is 0.0787. The molecule has 0 unspecified atom stereocenters. The van der Waals surface area contributed by atoms with Crippen molar-refractivity contribution in [3.8, 4) is 0 Å². The van der Waals surface area contributed by atoms with Crippen molar-refractivity contribution in [2.45, 2.75) is 25.3 Å².